The molecule has 1 rings (SSSR count). The zero-order valence-electron chi connectivity index (χ0n) is 11.1. The quantitative estimate of drug-likeness (QED) is 0.848. The molecule has 1 atom stereocenters. The Labute approximate surface area is 106 Å². The summed E-state index contributed by atoms with van der Waals surface area (Å²) in [5, 5.41) is 2.91. The first-order valence-electron chi connectivity index (χ1n) is 6.17. The highest BCUT2D eigenvalue weighted by Crippen LogP contribution is 2.23. The fourth-order valence-corrected chi connectivity index (χ4v) is 2.26. The highest BCUT2D eigenvalue weighted by atomic mass is 19.4. The Bertz CT molecular complexity index is 365. The van der Waals surface area contributed by atoms with Crippen LogP contribution < -0.4 is 5.32 Å². The van der Waals surface area contributed by atoms with Gasteiger partial charge in [0, 0.05) is 6.04 Å². The summed E-state index contributed by atoms with van der Waals surface area (Å²) >= 11 is 0. The average Bonchev–Trinajstić information content (AvgIpc) is 2.12. The molecule has 0 aromatic heterocycles. The van der Waals surface area contributed by atoms with E-state index in [1.807, 2.05) is 39.0 Å². The highest BCUT2D eigenvalue weighted by molar-refractivity contribution is 5.29. The van der Waals surface area contributed by atoms with Gasteiger partial charge < -0.3 is 5.32 Å². The lowest BCUT2D eigenvalue weighted by molar-refractivity contribution is -0.139. The molecular weight excluding hydrogens is 239 g/mol. The van der Waals surface area contributed by atoms with E-state index in [4.69, 9.17) is 0 Å². The number of hydrogen-bond donors (Lipinski definition) is 1. The molecule has 1 unspecified atom stereocenters. The lowest BCUT2D eigenvalue weighted by Gasteiger charge is -2.20. The normalized spacial score (nSPS) is 13.7. The first-order valence-corrected chi connectivity index (χ1v) is 6.17. The topological polar surface area (TPSA) is 12.0 Å². The van der Waals surface area contributed by atoms with Crippen molar-refractivity contribution < 1.29 is 13.2 Å². The average molecular weight is 259 g/mol. The summed E-state index contributed by atoms with van der Waals surface area (Å²) < 4.78 is 37.4. The lowest BCUT2D eigenvalue weighted by Crippen LogP contribution is -2.35. The molecule has 1 nitrogen and oxygen atoms in total. The van der Waals surface area contributed by atoms with Gasteiger partial charge in [0.05, 0.1) is 6.42 Å². The van der Waals surface area contributed by atoms with E-state index in [0.29, 0.717) is 13.0 Å². The van der Waals surface area contributed by atoms with Crippen molar-refractivity contribution in [2.24, 2.45) is 0 Å². The SMILES string of the molecule is CCNC(Cc1cc(C)cc(C)c1)CC(F)(F)F. The number of hydrogen-bond acceptors (Lipinski definition) is 1. The molecule has 0 radical (unpaired) electrons. The van der Waals surface area contributed by atoms with E-state index in [0.717, 1.165) is 16.7 Å². The summed E-state index contributed by atoms with van der Waals surface area (Å²) in [6, 6.07) is 5.38. The molecule has 4 heteroatoms. The Morgan fingerprint density at radius 1 is 1.11 bits per heavy atom. The van der Waals surface area contributed by atoms with Gasteiger partial charge >= 0.3 is 6.18 Å². The number of nitrogens with one attached hydrogen (secondary N) is 1. The van der Waals surface area contributed by atoms with Gasteiger partial charge in [-0.25, -0.2) is 0 Å². The number of benzene rings is 1. The lowest BCUT2D eigenvalue weighted by atomic mass is 9.99. The van der Waals surface area contributed by atoms with E-state index in [2.05, 4.69) is 5.32 Å². The summed E-state index contributed by atoms with van der Waals surface area (Å²) in [5.41, 5.74) is 3.14. The van der Waals surface area contributed by atoms with Crippen molar-refractivity contribution in [2.75, 3.05) is 6.54 Å². The Balaban J connectivity index is 2.76. The first kappa shape index (κ1) is 15.0. The fourth-order valence-electron chi connectivity index (χ4n) is 2.26. The Morgan fingerprint density at radius 3 is 2.11 bits per heavy atom. The van der Waals surface area contributed by atoms with Gasteiger partial charge in [-0.1, -0.05) is 36.2 Å². The summed E-state index contributed by atoms with van der Waals surface area (Å²) in [6.45, 7) is 6.29. The van der Waals surface area contributed by atoms with Crippen molar-refractivity contribution in [2.45, 2.75) is 45.8 Å². The Morgan fingerprint density at radius 2 is 1.67 bits per heavy atom. The molecule has 102 valence electrons. The molecule has 0 saturated heterocycles. The van der Waals surface area contributed by atoms with Gasteiger partial charge in [0.25, 0.3) is 0 Å². The maximum absolute atomic E-state index is 12.5. The summed E-state index contributed by atoms with van der Waals surface area (Å²) in [6.07, 6.45) is -4.49. The van der Waals surface area contributed by atoms with Crippen molar-refractivity contribution >= 4 is 0 Å². The van der Waals surface area contributed by atoms with E-state index < -0.39 is 18.6 Å². The van der Waals surface area contributed by atoms with Crippen molar-refractivity contribution in [1.82, 2.24) is 5.32 Å². The molecule has 0 amide bonds. The monoisotopic (exact) mass is 259 g/mol. The van der Waals surface area contributed by atoms with Crippen LogP contribution in [-0.2, 0) is 6.42 Å². The van der Waals surface area contributed by atoms with Gasteiger partial charge in [0.2, 0.25) is 0 Å². The summed E-state index contributed by atoms with van der Waals surface area (Å²) in [5.74, 6) is 0. The van der Waals surface area contributed by atoms with E-state index in [1.165, 1.54) is 0 Å². The highest BCUT2D eigenvalue weighted by Gasteiger charge is 2.31. The van der Waals surface area contributed by atoms with Gasteiger partial charge in [-0.15, -0.1) is 0 Å². The van der Waals surface area contributed by atoms with Gasteiger partial charge in [-0.05, 0) is 32.4 Å². The van der Waals surface area contributed by atoms with E-state index in [1.54, 1.807) is 0 Å². The third-order valence-corrected chi connectivity index (χ3v) is 2.73. The molecule has 0 fully saturated rings. The van der Waals surface area contributed by atoms with Crippen molar-refractivity contribution in [3.05, 3.63) is 34.9 Å². The number of alkyl halides is 3. The molecule has 0 saturated carbocycles. The van der Waals surface area contributed by atoms with Crippen LogP contribution in [-0.4, -0.2) is 18.8 Å². The minimum atomic E-state index is -4.12. The van der Waals surface area contributed by atoms with Crippen LogP contribution >= 0.6 is 0 Å². The van der Waals surface area contributed by atoms with Gasteiger partial charge in [-0.3, -0.25) is 0 Å². The van der Waals surface area contributed by atoms with Gasteiger partial charge in [-0.2, -0.15) is 13.2 Å². The maximum atomic E-state index is 12.5. The third kappa shape index (κ3) is 5.54. The third-order valence-electron chi connectivity index (χ3n) is 2.73. The summed E-state index contributed by atoms with van der Waals surface area (Å²) in [4.78, 5) is 0. The molecule has 1 aromatic carbocycles. The molecular formula is C14H20F3N. The number of rotatable bonds is 5. The largest absolute Gasteiger partial charge is 0.390 e. The minimum Gasteiger partial charge on any atom is -0.314 e. The molecule has 1 aromatic rings. The zero-order chi connectivity index (χ0) is 13.8. The predicted octanol–water partition coefficient (Wildman–Crippen LogP) is 3.78. The maximum Gasteiger partial charge on any atom is 0.390 e. The van der Waals surface area contributed by atoms with Crippen LogP contribution in [0.15, 0.2) is 18.2 Å². The zero-order valence-corrected chi connectivity index (χ0v) is 11.1. The van der Waals surface area contributed by atoms with E-state index in [9.17, 15) is 13.2 Å². The second-order valence-corrected chi connectivity index (χ2v) is 4.77. The molecule has 1 N–H and O–H groups in total. The summed E-state index contributed by atoms with van der Waals surface area (Å²) in [7, 11) is 0. The Kier molecular flexibility index (Phi) is 5.20. The Hall–Kier alpha value is -1.03. The first-order chi connectivity index (χ1) is 8.30. The van der Waals surface area contributed by atoms with Gasteiger partial charge in [0.1, 0.15) is 0 Å². The van der Waals surface area contributed by atoms with Crippen LogP contribution in [0.3, 0.4) is 0 Å². The second-order valence-electron chi connectivity index (χ2n) is 4.77. The number of halogens is 3. The number of likely N-dealkylation sites (N-methyl/N-ethyl adjacent to an activating group) is 1. The molecule has 0 aliphatic rings. The minimum absolute atomic E-state index is 0.413. The standard InChI is InChI=1S/C14H20F3N/c1-4-18-13(9-14(15,16)17)8-12-6-10(2)5-11(3)7-12/h5-7,13,18H,4,8-9H2,1-3H3. The van der Waals surface area contributed by atoms with E-state index in [-0.39, 0.29) is 0 Å². The second kappa shape index (κ2) is 6.23. The number of aryl methyl sites for hydroxylation is 2. The van der Waals surface area contributed by atoms with E-state index >= 15 is 0 Å². The van der Waals surface area contributed by atoms with Gasteiger partial charge in [0.15, 0.2) is 0 Å². The van der Waals surface area contributed by atoms with Crippen molar-refractivity contribution in [1.29, 1.82) is 0 Å². The van der Waals surface area contributed by atoms with Crippen LogP contribution in [0.25, 0.3) is 0 Å². The van der Waals surface area contributed by atoms with Crippen LogP contribution in [0.2, 0.25) is 0 Å². The molecule has 18 heavy (non-hydrogen) atoms. The van der Waals surface area contributed by atoms with Crippen LogP contribution in [0.1, 0.15) is 30.0 Å². The fraction of sp³-hybridized carbons (Fsp3) is 0.571. The molecule has 0 spiro atoms. The van der Waals surface area contributed by atoms with Crippen LogP contribution in [0.4, 0.5) is 13.2 Å². The van der Waals surface area contributed by atoms with Crippen molar-refractivity contribution in [3.63, 3.8) is 0 Å². The molecule has 0 aliphatic heterocycles. The molecule has 0 heterocycles. The van der Waals surface area contributed by atoms with Crippen LogP contribution in [0, 0.1) is 13.8 Å². The van der Waals surface area contributed by atoms with Crippen molar-refractivity contribution in [3.8, 4) is 0 Å². The smallest absolute Gasteiger partial charge is 0.314 e. The predicted molar refractivity (Wildman–Crippen MR) is 67.8 cm³/mol. The molecule has 0 bridgehead atoms. The van der Waals surface area contributed by atoms with Crippen LogP contribution in [0.5, 0.6) is 0 Å². The molecule has 0 aliphatic carbocycles.